The van der Waals surface area contributed by atoms with Crippen LogP contribution in [0.3, 0.4) is 0 Å². The molecule has 2 unspecified atom stereocenters. The number of carbonyl (C=O) groups excluding carboxylic acids is 2. The summed E-state index contributed by atoms with van der Waals surface area (Å²) in [4.78, 5) is 40.3. The number of ketones is 1. The van der Waals surface area contributed by atoms with Crippen molar-refractivity contribution in [2.75, 3.05) is 19.0 Å². The number of hydrogen-bond donors (Lipinski definition) is 0. The van der Waals surface area contributed by atoms with Crippen LogP contribution in [0.4, 0.5) is 10.1 Å². The van der Waals surface area contributed by atoms with Crippen molar-refractivity contribution in [2.45, 2.75) is 58.4 Å². The van der Waals surface area contributed by atoms with Gasteiger partial charge in [0.25, 0.3) is 5.56 Å². The van der Waals surface area contributed by atoms with E-state index in [1.54, 1.807) is 34.5 Å². The lowest BCUT2D eigenvalue weighted by Crippen LogP contribution is -2.21. The predicted molar refractivity (Wildman–Crippen MR) is 142 cm³/mol. The van der Waals surface area contributed by atoms with Gasteiger partial charge >= 0.3 is 0 Å². The Hall–Kier alpha value is -3.62. The first-order valence-corrected chi connectivity index (χ1v) is 12.7. The maximum atomic E-state index is 13.9. The van der Waals surface area contributed by atoms with Gasteiger partial charge in [-0.25, -0.2) is 14.1 Å². The molecule has 37 heavy (non-hydrogen) atoms. The first kappa shape index (κ1) is 28.0. The number of pyridine rings is 1. The van der Waals surface area contributed by atoms with Crippen molar-refractivity contribution in [2.24, 2.45) is 13.0 Å². The van der Waals surface area contributed by atoms with Crippen molar-refractivity contribution < 1.29 is 14.0 Å². The van der Waals surface area contributed by atoms with E-state index in [-0.39, 0.29) is 34.9 Å². The number of anilines is 1. The summed E-state index contributed by atoms with van der Waals surface area (Å²) in [6, 6.07) is 8.22. The van der Waals surface area contributed by atoms with E-state index < -0.39 is 0 Å². The molecule has 2 atom stereocenters. The number of nitrogens with zero attached hydrogens (tertiary/aromatic N) is 5. The van der Waals surface area contributed by atoms with Crippen LogP contribution >= 0.6 is 0 Å². The molecular weight excluding hydrogens is 473 g/mol. The molecule has 8 nitrogen and oxygen atoms in total. The Morgan fingerprint density at radius 2 is 2.03 bits per heavy atom. The molecule has 0 fully saturated rings. The lowest BCUT2D eigenvalue weighted by atomic mass is 10.0. The SMILES string of the molecule is CC(C=O)CCc1cc(=O)n(C)cc1N(C)C.CCCC(=O)c1nc2n(n1)C(c1ccccc1F)CC2. The van der Waals surface area contributed by atoms with Gasteiger partial charge < -0.3 is 14.3 Å². The van der Waals surface area contributed by atoms with Crippen LogP contribution in [0, 0.1) is 11.7 Å². The number of hydrogen-bond acceptors (Lipinski definition) is 6. The maximum absolute atomic E-state index is 13.9. The summed E-state index contributed by atoms with van der Waals surface area (Å²) in [7, 11) is 5.64. The molecule has 0 spiro atoms. The van der Waals surface area contributed by atoms with Crippen molar-refractivity contribution in [1.82, 2.24) is 19.3 Å². The zero-order valence-corrected chi connectivity index (χ0v) is 22.3. The summed E-state index contributed by atoms with van der Waals surface area (Å²) in [5.74, 6) is 0.804. The third-order valence-electron chi connectivity index (χ3n) is 6.50. The number of rotatable bonds is 9. The monoisotopic (exact) mass is 509 g/mol. The van der Waals surface area contributed by atoms with E-state index in [1.165, 1.54) is 6.07 Å². The highest BCUT2D eigenvalue weighted by Crippen LogP contribution is 2.31. The number of aldehydes is 1. The van der Waals surface area contributed by atoms with Crippen LogP contribution in [0.5, 0.6) is 0 Å². The van der Waals surface area contributed by atoms with Gasteiger partial charge in [0.05, 0.1) is 11.7 Å². The van der Waals surface area contributed by atoms with Crippen LogP contribution in [0.2, 0.25) is 0 Å². The minimum atomic E-state index is -0.234. The molecule has 0 saturated heterocycles. The van der Waals surface area contributed by atoms with Gasteiger partial charge in [-0.2, -0.15) is 0 Å². The fourth-order valence-corrected chi connectivity index (χ4v) is 4.36. The van der Waals surface area contributed by atoms with Crippen LogP contribution in [0.15, 0.2) is 41.3 Å². The Morgan fingerprint density at radius 1 is 1.30 bits per heavy atom. The van der Waals surface area contributed by atoms with Crippen LogP contribution < -0.4 is 10.5 Å². The van der Waals surface area contributed by atoms with E-state index in [0.717, 1.165) is 55.5 Å². The van der Waals surface area contributed by atoms with Crippen molar-refractivity contribution in [3.63, 3.8) is 0 Å². The number of aromatic nitrogens is 4. The van der Waals surface area contributed by atoms with Crippen LogP contribution in [-0.2, 0) is 24.7 Å². The van der Waals surface area contributed by atoms with Crippen LogP contribution in [0.1, 0.15) is 73.1 Å². The highest BCUT2D eigenvalue weighted by Gasteiger charge is 2.29. The highest BCUT2D eigenvalue weighted by atomic mass is 19.1. The number of halogens is 1. The van der Waals surface area contributed by atoms with Gasteiger partial charge in [-0.15, -0.1) is 5.10 Å². The minimum absolute atomic E-state index is 0.00986. The largest absolute Gasteiger partial charge is 0.376 e. The fraction of sp³-hybridized carbons (Fsp3) is 0.464. The second-order valence-electron chi connectivity index (χ2n) is 9.72. The summed E-state index contributed by atoms with van der Waals surface area (Å²) in [5.41, 5.74) is 2.65. The molecule has 0 N–H and O–H groups in total. The Kier molecular flexibility index (Phi) is 9.49. The molecule has 2 aromatic heterocycles. The second kappa shape index (κ2) is 12.6. The average Bonchev–Trinajstić information content (AvgIpc) is 3.46. The summed E-state index contributed by atoms with van der Waals surface area (Å²) in [6.07, 6.45) is 7.05. The smallest absolute Gasteiger partial charge is 0.250 e. The van der Waals surface area contributed by atoms with E-state index in [9.17, 15) is 18.8 Å². The predicted octanol–water partition coefficient (Wildman–Crippen LogP) is 4.15. The topological polar surface area (TPSA) is 90.1 Å². The number of fused-ring (bicyclic) bond motifs is 1. The highest BCUT2D eigenvalue weighted by molar-refractivity contribution is 5.92. The molecule has 4 rings (SSSR count). The Balaban J connectivity index is 0.000000209. The van der Waals surface area contributed by atoms with Gasteiger partial charge in [0.15, 0.2) is 0 Å². The number of benzene rings is 1. The normalized spacial score (nSPS) is 14.9. The summed E-state index contributed by atoms with van der Waals surface area (Å²) in [6.45, 7) is 3.84. The van der Waals surface area contributed by atoms with Gasteiger partial charge in [0, 0.05) is 57.7 Å². The lowest BCUT2D eigenvalue weighted by Gasteiger charge is -2.18. The zero-order valence-electron chi connectivity index (χ0n) is 22.3. The second-order valence-corrected chi connectivity index (χ2v) is 9.72. The van der Waals surface area contributed by atoms with E-state index in [1.807, 2.05) is 45.1 Å². The molecule has 1 aromatic carbocycles. The van der Waals surface area contributed by atoms with Crippen LogP contribution in [0.25, 0.3) is 0 Å². The quantitative estimate of drug-likeness (QED) is 0.318. The molecule has 1 aliphatic rings. The molecular formula is C28H36FN5O3. The Bertz CT molecular complexity index is 1300. The van der Waals surface area contributed by atoms with Crippen molar-refractivity contribution in [3.8, 4) is 0 Å². The van der Waals surface area contributed by atoms with E-state index in [4.69, 9.17) is 0 Å². The molecule has 9 heteroatoms. The lowest BCUT2D eigenvalue weighted by molar-refractivity contribution is -0.110. The Morgan fingerprint density at radius 3 is 2.68 bits per heavy atom. The van der Waals surface area contributed by atoms with E-state index >= 15 is 0 Å². The third-order valence-corrected chi connectivity index (χ3v) is 6.50. The first-order chi connectivity index (χ1) is 17.7. The standard InChI is InChI=1S/C15H16FN3O.C13H20N2O2/c1-2-5-13(20)15-17-14-9-8-12(19(14)18-15)10-6-3-4-7-11(10)16;1-10(9-16)5-6-11-7-13(17)15(4)8-12(11)14(2)3/h3-4,6-7,12H,2,5,8-9H2,1H3;7-10H,5-6H2,1-4H3. The number of carbonyl (C=O) groups is 2. The van der Waals surface area contributed by atoms with Crippen LogP contribution in [-0.4, -0.2) is 45.5 Å². The molecule has 3 aromatic rings. The molecule has 0 radical (unpaired) electrons. The molecule has 0 saturated carbocycles. The number of Topliss-reactive ketones (excluding diaryl/α,β-unsaturated/α-hetero) is 1. The number of aryl methyl sites for hydroxylation is 3. The minimum Gasteiger partial charge on any atom is -0.376 e. The third kappa shape index (κ3) is 6.78. The molecule has 0 aliphatic carbocycles. The van der Waals surface area contributed by atoms with Gasteiger partial charge in [-0.3, -0.25) is 9.59 Å². The fourth-order valence-electron chi connectivity index (χ4n) is 4.36. The summed E-state index contributed by atoms with van der Waals surface area (Å²) in [5, 5.41) is 4.30. The van der Waals surface area contributed by atoms with E-state index in [0.29, 0.717) is 12.0 Å². The van der Waals surface area contributed by atoms with E-state index in [2.05, 4.69) is 10.1 Å². The zero-order chi connectivity index (χ0) is 27.1. The van der Waals surface area contributed by atoms with Crippen molar-refractivity contribution in [3.05, 3.63) is 75.5 Å². The van der Waals surface area contributed by atoms with Gasteiger partial charge in [0.2, 0.25) is 11.6 Å². The van der Waals surface area contributed by atoms with Gasteiger partial charge in [0.1, 0.15) is 17.9 Å². The molecule has 3 heterocycles. The summed E-state index contributed by atoms with van der Waals surface area (Å²) >= 11 is 0. The maximum Gasteiger partial charge on any atom is 0.250 e. The average molecular weight is 510 g/mol. The first-order valence-electron chi connectivity index (χ1n) is 12.7. The molecule has 198 valence electrons. The Labute approximate surface area is 217 Å². The molecule has 1 aliphatic heterocycles. The summed E-state index contributed by atoms with van der Waals surface area (Å²) < 4.78 is 17.2. The molecule has 0 amide bonds. The molecule has 0 bridgehead atoms. The van der Waals surface area contributed by atoms with Gasteiger partial charge in [-0.05, 0) is 37.3 Å². The van der Waals surface area contributed by atoms with Gasteiger partial charge in [-0.1, -0.05) is 32.0 Å². The van der Waals surface area contributed by atoms with Crippen molar-refractivity contribution >= 4 is 17.8 Å². The van der Waals surface area contributed by atoms with Crippen molar-refractivity contribution in [1.29, 1.82) is 0 Å².